The quantitative estimate of drug-likeness (QED) is 0.651. The van der Waals surface area contributed by atoms with E-state index in [1.54, 1.807) is 12.4 Å². The summed E-state index contributed by atoms with van der Waals surface area (Å²) in [6.45, 7) is 2.16. The van der Waals surface area contributed by atoms with Gasteiger partial charge in [0.05, 0.1) is 24.4 Å². The summed E-state index contributed by atoms with van der Waals surface area (Å²) < 4.78 is 4.87. The lowest BCUT2D eigenvalue weighted by molar-refractivity contribution is 0.0601. The van der Waals surface area contributed by atoms with Crippen molar-refractivity contribution in [2.24, 2.45) is 0 Å². The van der Waals surface area contributed by atoms with Crippen molar-refractivity contribution < 1.29 is 9.53 Å². The highest BCUT2D eigenvalue weighted by atomic mass is 16.5. The van der Waals surface area contributed by atoms with E-state index >= 15 is 0 Å². The number of aromatic amines is 1. The molecule has 0 aromatic carbocycles. The lowest BCUT2D eigenvalue weighted by Gasteiger charge is -2.02. The molecule has 0 radical (unpaired) electrons. The Bertz CT molecular complexity index is 546. The highest BCUT2D eigenvalue weighted by molar-refractivity contribution is 6.05. The molecule has 0 amide bonds. The maximum absolute atomic E-state index is 11.9. The van der Waals surface area contributed by atoms with Crippen LogP contribution < -0.4 is 0 Å². The molecule has 0 unspecified atom stereocenters. The number of H-pyrrole nitrogens is 1. The van der Waals surface area contributed by atoms with E-state index in [1.807, 2.05) is 6.07 Å². The van der Waals surface area contributed by atoms with E-state index in [4.69, 9.17) is 4.74 Å². The molecular weight excluding hydrogens is 228 g/mol. The Kier molecular flexibility index (Phi) is 3.97. The lowest BCUT2D eigenvalue weighted by Crippen LogP contribution is -2.04. The third kappa shape index (κ3) is 2.37. The van der Waals surface area contributed by atoms with Gasteiger partial charge in [-0.15, -0.1) is 0 Å². The average Bonchev–Trinajstić information content (AvgIpc) is 2.76. The Morgan fingerprint density at radius 2 is 2.28 bits per heavy atom. The minimum Gasteiger partial charge on any atom is -0.465 e. The molecule has 0 aliphatic heterocycles. The van der Waals surface area contributed by atoms with Crippen molar-refractivity contribution in [2.75, 3.05) is 7.11 Å². The van der Waals surface area contributed by atoms with Crippen molar-refractivity contribution in [2.45, 2.75) is 32.6 Å². The third-order valence-corrected chi connectivity index (χ3v) is 3.10. The van der Waals surface area contributed by atoms with Gasteiger partial charge in [0, 0.05) is 17.3 Å². The number of rotatable bonds is 5. The number of nitrogens with zero attached hydrogens (tertiary/aromatic N) is 1. The van der Waals surface area contributed by atoms with Crippen LogP contribution in [0.2, 0.25) is 0 Å². The second kappa shape index (κ2) is 5.67. The average molecular weight is 246 g/mol. The van der Waals surface area contributed by atoms with Crippen LogP contribution in [0.25, 0.3) is 10.9 Å². The Morgan fingerprint density at radius 3 is 3.00 bits per heavy atom. The molecule has 0 aliphatic rings. The van der Waals surface area contributed by atoms with Gasteiger partial charge in [0.25, 0.3) is 0 Å². The zero-order valence-corrected chi connectivity index (χ0v) is 10.8. The number of carbonyl (C=O) groups excluding carboxylic acids is 1. The Labute approximate surface area is 106 Å². The fourth-order valence-corrected chi connectivity index (χ4v) is 2.17. The summed E-state index contributed by atoms with van der Waals surface area (Å²) in [5.74, 6) is -0.279. The minimum absolute atomic E-state index is 0.279. The van der Waals surface area contributed by atoms with Crippen LogP contribution in [0.3, 0.4) is 0 Å². The molecule has 2 heterocycles. The monoisotopic (exact) mass is 246 g/mol. The third-order valence-electron chi connectivity index (χ3n) is 3.10. The molecule has 0 aliphatic carbocycles. The number of esters is 1. The van der Waals surface area contributed by atoms with Gasteiger partial charge in [-0.2, -0.15) is 0 Å². The second-order valence-electron chi connectivity index (χ2n) is 4.35. The van der Waals surface area contributed by atoms with Crippen molar-refractivity contribution in [3.63, 3.8) is 0 Å². The largest absolute Gasteiger partial charge is 0.465 e. The number of unbranched alkanes of at least 4 members (excludes halogenated alkanes) is 2. The van der Waals surface area contributed by atoms with E-state index in [0.29, 0.717) is 5.56 Å². The Balaban J connectivity index is 2.40. The fraction of sp³-hybridized carbons (Fsp3) is 0.429. The van der Waals surface area contributed by atoms with Crippen molar-refractivity contribution in [1.82, 2.24) is 9.97 Å². The lowest BCUT2D eigenvalue weighted by atomic mass is 10.1. The van der Waals surface area contributed by atoms with Crippen LogP contribution in [0.4, 0.5) is 0 Å². The van der Waals surface area contributed by atoms with E-state index in [1.165, 1.54) is 7.11 Å². The highest BCUT2D eigenvalue weighted by Gasteiger charge is 2.18. The molecule has 2 rings (SSSR count). The molecule has 4 heteroatoms. The summed E-state index contributed by atoms with van der Waals surface area (Å²) in [6, 6.07) is 1.85. The molecule has 0 spiro atoms. The maximum Gasteiger partial charge on any atom is 0.340 e. The van der Waals surface area contributed by atoms with Gasteiger partial charge in [0.1, 0.15) is 0 Å². The summed E-state index contributed by atoms with van der Waals surface area (Å²) in [5, 5.41) is 0.892. The van der Waals surface area contributed by atoms with E-state index in [-0.39, 0.29) is 5.97 Å². The second-order valence-corrected chi connectivity index (χ2v) is 4.35. The molecule has 0 atom stereocenters. The van der Waals surface area contributed by atoms with Crippen LogP contribution in [0.15, 0.2) is 18.5 Å². The number of nitrogens with one attached hydrogen (secondary N) is 1. The van der Waals surface area contributed by atoms with E-state index in [9.17, 15) is 4.79 Å². The number of hydrogen-bond acceptors (Lipinski definition) is 3. The molecular formula is C14H18N2O2. The number of aryl methyl sites for hydroxylation is 1. The van der Waals surface area contributed by atoms with Gasteiger partial charge in [-0.1, -0.05) is 19.8 Å². The molecule has 0 saturated carbocycles. The van der Waals surface area contributed by atoms with Crippen LogP contribution in [0, 0.1) is 0 Å². The van der Waals surface area contributed by atoms with E-state index < -0.39 is 0 Å². The SMILES string of the molecule is CCCCCc1[nH]c2cnccc2c1C(=O)OC. The van der Waals surface area contributed by atoms with Crippen LogP contribution in [-0.2, 0) is 11.2 Å². The van der Waals surface area contributed by atoms with Crippen molar-refractivity contribution in [3.05, 3.63) is 29.7 Å². The molecule has 2 aromatic rings. The Hall–Kier alpha value is -1.84. The summed E-state index contributed by atoms with van der Waals surface area (Å²) in [7, 11) is 1.41. The van der Waals surface area contributed by atoms with Gasteiger partial charge < -0.3 is 9.72 Å². The van der Waals surface area contributed by atoms with Crippen LogP contribution >= 0.6 is 0 Å². The van der Waals surface area contributed by atoms with Gasteiger partial charge >= 0.3 is 5.97 Å². The van der Waals surface area contributed by atoms with Gasteiger partial charge in [-0.05, 0) is 18.9 Å². The van der Waals surface area contributed by atoms with Crippen LogP contribution in [0.1, 0.15) is 42.2 Å². The first kappa shape index (κ1) is 12.6. The zero-order valence-electron chi connectivity index (χ0n) is 10.8. The number of ether oxygens (including phenoxy) is 1. The van der Waals surface area contributed by atoms with E-state index in [0.717, 1.165) is 42.3 Å². The van der Waals surface area contributed by atoms with Crippen LogP contribution in [0.5, 0.6) is 0 Å². The molecule has 0 bridgehead atoms. The Morgan fingerprint density at radius 1 is 1.44 bits per heavy atom. The first-order valence-electron chi connectivity index (χ1n) is 6.30. The fourth-order valence-electron chi connectivity index (χ4n) is 2.17. The summed E-state index contributed by atoms with van der Waals surface area (Å²) in [5.41, 5.74) is 2.51. The first-order valence-corrected chi connectivity index (χ1v) is 6.30. The number of carbonyl (C=O) groups is 1. The molecule has 0 saturated heterocycles. The van der Waals surface area contributed by atoms with Gasteiger partial charge in [0.15, 0.2) is 0 Å². The highest BCUT2D eigenvalue weighted by Crippen LogP contribution is 2.23. The molecule has 18 heavy (non-hydrogen) atoms. The standard InChI is InChI=1S/C14H18N2O2/c1-3-4-5-6-11-13(14(17)18-2)10-7-8-15-9-12(10)16-11/h7-9,16H,3-6H2,1-2H3. The first-order chi connectivity index (χ1) is 8.77. The zero-order chi connectivity index (χ0) is 13.0. The molecule has 96 valence electrons. The van der Waals surface area contributed by atoms with Crippen LogP contribution in [-0.4, -0.2) is 23.0 Å². The van der Waals surface area contributed by atoms with Gasteiger partial charge in [-0.3, -0.25) is 4.98 Å². The van der Waals surface area contributed by atoms with Crippen molar-refractivity contribution in [1.29, 1.82) is 0 Å². The van der Waals surface area contributed by atoms with Gasteiger partial charge in [0.2, 0.25) is 0 Å². The normalized spacial score (nSPS) is 10.8. The number of pyridine rings is 1. The van der Waals surface area contributed by atoms with Crippen molar-refractivity contribution >= 4 is 16.9 Å². The summed E-state index contributed by atoms with van der Waals surface area (Å²) in [6.07, 6.45) is 7.70. The molecule has 0 fully saturated rings. The smallest absolute Gasteiger partial charge is 0.340 e. The predicted octanol–water partition coefficient (Wildman–Crippen LogP) is 3.08. The number of aromatic nitrogens is 2. The van der Waals surface area contributed by atoms with Gasteiger partial charge in [-0.25, -0.2) is 4.79 Å². The molecule has 1 N–H and O–H groups in total. The number of fused-ring (bicyclic) bond motifs is 1. The summed E-state index contributed by atoms with van der Waals surface area (Å²) in [4.78, 5) is 19.2. The molecule has 2 aromatic heterocycles. The topological polar surface area (TPSA) is 55.0 Å². The summed E-state index contributed by atoms with van der Waals surface area (Å²) >= 11 is 0. The van der Waals surface area contributed by atoms with E-state index in [2.05, 4.69) is 16.9 Å². The minimum atomic E-state index is -0.279. The predicted molar refractivity (Wildman–Crippen MR) is 70.7 cm³/mol. The molecule has 4 nitrogen and oxygen atoms in total. The maximum atomic E-state index is 11.9. The number of hydrogen-bond donors (Lipinski definition) is 1. The van der Waals surface area contributed by atoms with Crippen molar-refractivity contribution in [3.8, 4) is 0 Å². The number of methoxy groups -OCH3 is 1.